The largest absolute Gasteiger partial charge is 0.497 e. The maximum Gasteiger partial charge on any atom is 0.344 e. The molecule has 0 saturated heterocycles. The van der Waals surface area contributed by atoms with E-state index in [-0.39, 0.29) is 0 Å². The van der Waals surface area contributed by atoms with Gasteiger partial charge in [-0.25, -0.2) is 4.79 Å². The van der Waals surface area contributed by atoms with E-state index in [4.69, 9.17) is 20.8 Å². The summed E-state index contributed by atoms with van der Waals surface area (Å²) >= 11 is 9.44. The molecule has 3 rings (SSSR count). The van der Waals surface area contributed by atoms with E-state index < -0.39 is 5.63 Å². The summed E-state index contributed by atoms with van der Waals surface area (Å²) in [7, 11) is 1.57. The Bertz CT molecular complexity index is 886. The Balaban J connectivity index is 2.26. The van der Waals surface area contributed by atoms with Gasteiger partial charge in [0.25, 0.3) is 0 Å². The van der Waals surface area contributed by atoms with Gasteiger partial charge in [-0.05, 0) is 36.4 Å². The van der Waals surface area contributed by atoms with E-state index in [2.05, 4.69) is 15.9 Å². The summed E-state index contributed by atoms with van der Waals surface area (Å²) in [6.07, 6.45) is 0. The molecule has 1 heterocycles. The number of ether oxygens (including phenoxy) is 1. The Labute approximate surface area is 134 Å². The summed E-state index contributed by atoms with van der Waals surface area (Å²) in [6.45, 7) is 0. The number of halogens is 2. The zero-order valence-electron chi connectivity index (χ0n) is 11.0. The third-order valence-corrected chi connectivity index (χ3v) is 4.09. The lowest BCUT2D eigenvalue weighted by molar-refractivity contribution is 0.414. The SMILES string of the molecule is COc1ccc2cc(-c3cc(Cl)ccc3Br)c(=O)oc2c1. The van der Waals surface area contributed by atoms with E-state index in [1.54, 1.807) is 37.4 Å². The van der Waals surface area contributed by atoms with E-state index in [1.807, 2.05) is 12.1 Å². The van der Waals surface area contributed by atoms with Gasteiger partial charge in [0.1, 0.15) is 11.3 Å². The first-order valence-corrected chi connectivity index (χ1v) is 7.33. The number of hydrogen-bond acceptors (Lipinski definition) is 3. The fraction of sp³-hybridized carbons (Fsp3) is 0.0625. The van der Waals surface area contributed by atoms with Crippen molar-refractivity contribution in [3.05, 3.63) is 62.4 Å². The summed E-state index contributed by atoms with van der Waals surface area (Å²) in [5.41, 5.74) is 1.23. The first-order chi connectivity index (χ1) is 10.1. The molecule has 2 aromatic carbocycles. The third kappa shape index (κ3) is 2.69. The Morgan fingerprint density at radius 3 is 2.67 bits per heavy atom. The van der Waals surface area contributed by atoms with Crippen molar-refractivity contribution in [3.63, 3.8) is 0 Å². The van der Waals surface area contributed by atoms with E-state index >= 15 is 0 Å². The average Bonchev–Trinajstić information content (AvgIpc) is 2.48. The molecule has 106 valence electrons. The molecule has 0 amide bonds. The molecule has 0 spiro atoms. The highest BCUT2D eigenvalue weighted by Crippen LogP contribution is 2.31. The predicted octanol–water partition coefficient (Wildman–Crippen LogP) is 4.88. The van der Waals surface area contributed by atoms with Crippen LogP contribution in [0.2, 0.25) is 5.02 Å². The standard InChI is InChI=1S/C16H10BrClO3/c1-20-11-4-2-9-6-13(16(19)21-15(9)8-11)12-7-10(18)3-5-14(12)17/h2-8H,1H3. The molecule has 0 unspecified atom stereocenters. The molecule has 0 fully saturated rings. The molecule has 0 aliphatic rings. The van der Waals surface area contributed by atoms with Crippen molar-refractivity contribution in [3.8, 4) is 16.9 Å². The number of hydrogen-bond donors (Lipinski definition) is 0. The van der Waals surface area contributed by atoms with Crippen molar-refractivity contribution in [2.24, 2.45) is 0 Å². The van der Waals surface area contributed by atoms with Crippen LogP contribution in [0.1, 0.15) is 0 Å². The Morgan fingerprint density at radius 1 is 1.10 bits per heavy atom. The van der Waals surface area contributed by atoms with Crippen LogP contribution in [0.3, 0.4) is 0 Å². The van der Waals surface area contributed by atoms with Crippen LogP contribution in [-0.2, 0) is 0 Å². The molecular weight excluding hydrogens is 356 g/mol. The highest BCUT2D eigenvalue weighted by atomic mass is 79.9. The molecule has 3 aromatic rings. The summed E-state index contributed by atoms with van der Waals surface area (Å²) < 4.78 is 11.3. The quantitative estimate of drug-likeness (QED) is 0.607. The van der Waals surface area contributed by atoms with Gasteiger partial charge >= 0.3 is 5.63 Å². The fourth-order valence-corrected chi connectivity index (χ4v) is 2.74. The maximum absolute atomic E-state index is 12.2. The molecule has 0 bridgehead atoms. The van der Waals surface area contributed by atoms with E-state index in [9.17, 15) is 4.79 Å². The van der Waals surface area contributed by atoms with Crippen LogP contribution in [0.25, 0.3) is 22.1 Å². The lowest BCUT2D eigenvalue weighted by atomic mass is 10.1. The van der Waals surface area contributed by atoms with E-state index in [0.717, 1.165) is 9.86 Å². The molecule has 3 nitrogen and oxygen atoms in total. The smallest absolute Gasteiger partial charge is 0.344 e. The second-order valence-electron chi connectivity index (χ2n) is 4.48. The number of methoxy groups -OCH3 is 1. The van der Waals surface area contributed by atoms with Gasteiger partial charge in [0.05, 0.1) is 12.7 Å². The van der Waals surface area contributed by atoms with Gasteiger partial charge in [0.2, 0.25) is 0 Å². The van der Waals surface area contributed by atoms with Crippen LogP contribution < -0.4 is 10.4 Å². The van der Waals surface area contributed by atoms with Gasteiger partial charge in [-0.15, -0.1) is 0 Å². The highest BCUT2D eigenvalue weighted by Gasteiger charge is 2.12. The molecule has 0 saturated carbocycles. The maximum atomic E-state index is 12.2. The van der Waals surface area contributed by atoms with E-state index in [0.29, 0.717) is 27.5 Å². The zero-order chi connectivity index (χ0) is 15.0. The van der Waals surface area contributed by atoms with Gasteiger partial charge < -0.3 is 9.15 Å². The van der Waals surface area contributed by atoms with Crippen LogP contribution in [0.15, 0.2) is 56.1 Å². The Hall–Kier alpha value is -1.78. The van der Waals surface area contributed by atoms with Crippen molar-refractivity contribution in [1.82, 2.24) is 0 Å². The first kappa shape index (κ1) is 14.2. The van der Waals surface area contributed by atoms with Crippen LogP contribution in [0.5, 0.6) is 5.75 Å². The molecule has 1 aromatic heterocycles. The fourth-order valence-electron chi connectivity index (χ4n) is 2.11. The Morgan fingerprint density at radius 2 is 1.90 bits per heavy atom. The second-order valence-corrected chi connectivity index (χ2v) is 5.77. The summed E-state index contributed by atoms with van der Waals surface area (Å²) in [6, 6.07) is 12.4. The molecule has 5 heteroatoms. The van der Waals surface area contributed by atoms with Crippen LogP contribution in [0, 0.1) is 0 Å². The average molecular weight is 366 g/mol. The van der Waals surface area contributed by atoms with Gasteiger partial charge in [-0.3, -0.25) is 0 Å². The molecule has 0 N–H and O–H groups in total. The lowest BCUT2D eigenvalue weighted by Crippen LogP contribution is -2.03. The number of fused-ring (bicyclic) bond motifs is 1. The van der Waals surface area contributed by atoms with E-state index in [1.165, 1.54) is 0 Å². The first-order valence-electron chi connectivity index (χ1n) is 6.16. The molecule has 0 aliphatic carbocycles. The summed E-state index contributed by atoms with van der Waals surface area (Å²) in [4.78, 5) is 12.2. The highest BCUT2D eigenvalue weighted by molar-refractivity contribution is 9.10. The minimum atomic E-state index is -0.418. The molecular formula is C16H10BrClO3. The number of benzene rings is 2. The van der Waals surface area contributed by atoms with Crippen molar-refractivity contribution in [1.29, 1.82) is 0 Å². The topological polar surface area (TPSA) is 39.4 Å². The number of rotatable bonds is 2. The van der Waals surface area contributed by atoms with Crippen LogP contribution >= 0.6 is 27.5 Å². The zero-order valence-corrected chi connectivity index (χ0v) is 13.4. The summed E-state index contributed by atoms with van der Waals surface area (Å²) in [5, 5.41) is 1.37. The molecule has 0 atom stereocenters. The van der Waals surface area contributed by atoms with Crippen molar-refractivity contribution in [2.45, 2.75) is 0 Å². The normalized spacial score (nSPS) is 10.8. The molecule has 0 aliphatic heterocycles. The van der Waals surface area contributed by atoms with Gasteiger partial charge in [-0.1, -0.05) is 27.5 Å². The predicted molar refractivity (Wildman–Crippen MR) is 87.2 cm³/mol. The molecule has 21 heavy (non-hydrogen) atoms. The summed E-state index contributed by atoms with van der Waals surface area (Å²) in [5.74, 6) is 0.641. The van der Waals surface area contributed by atoms with Gasteiger partial charge in [-0.2, -0.15) is 0 Å². The lowest BCUT2D eigenvalue weighted by Gasteiger charge is -2.06. The minimum absolute atomic E-state index is 0.418. The van der Waals surface area contributed by atoms with Gasteiger partial charge in [0.15, 0.2) is 0 Å². The third-order valence-electron chi connectivity index (χ3n) is 3.16. The van der Waals surface area contributed by atoms with Crippen LogP contribution in [-0.4, -0.2) is 7.11 Å². The van der Waals surface area contributed by atoms with Crippen molar-refractivity contribution >= 4 is 38.5 Å². The van der Waals surface area contributed by atoms with Crippen LogP contribution in [0.4, 0.5) is 0 Å². The monoisotopic (exact) mass is 364 g/mol. The van der Waals surface area contributed by atoms with Crippen molar-refractivity contribution in [2.75, 3.05) is 7.11 Å². The van der Waals surface area contributed by atoms with Crippen molar-refractivity contribution < 1.29 is 9.15 Å². The minimum Gasteiger partial charge on any atom is -0.497 e. The Kier molecular flexibility index (Phi) is 3.74. The second kappa shape index (κ2) is 5.54. The van der Waals surface area contributed by atoms with Gasteiger partial charge in [0, 0.05) is 26.5 Å². The molecule has 0 radical (unpaired) electrons.